The Morgan fingerprint density at radius 2 is 1.04 bits per heavy atom. The van der Waals surface area contributed by atoms with Gasteiger partial charge in [0, 0.05) is 13.2 Å². The predicted molar refractivity (Wildman–Crippen MR) is 103 cm³/mol. The van der Waals surface area contributed by atoms with Crippen LogP contribution in [0.15, 0.2) is 0 Å². The van der Waals surface area contributed by atoms with Crippen LogP contribution in [0.1, 0.15) is 104 Å². The van der Waals surface area contributed by atoms with E-state index in [0.717, 1.165) is 51.4 Å². The van der Waals surface area contributed by atoms with E-state index in [4.69, 9.17) is 17.7 Å². The van der Waals surface area contributed by atoms with Crippen molar-refractivity contribution in [2.24, 2.45) is 0 Å². The third kappa shape index (κ3) is 8.08. The second-order valence-corrected chi connectivity index (χ2v) is 9.71. The molecule has 5 heteroatoms. The maximum absolute atomic E-state index is 6.55. The highest BCUT2D eigenvalue weighted by Crippen LogP contribution is 2.30. The smallest absolute Gasteiger partial charge is 0.351 e. The summed E-state index contributed by atoms with van der Waals surface area (Å²) in [6.07, 6.45) is 17.0. The van der Waals surface area contributed by atoms with E-state index in [-0.39, 0.29) is 12.2 Å². The van der Waals surface area contributed by atoms with Gasteiger partial charge in [0.2, 0.25) is 0 Å². The van der Waals surface area contributed by atoms with E-state index in [1.165, 1.54) is 38.5 Å². The van der Waals surface area contributed by atoms with E-state index in [9.17, 15) is 0 Å². The van der Waals surface area contributed by atoms with Crippen molar-refractivity contribution in [2.45, 2.75) is 116 Å². The van der Waals surface area contributed by atoms with Crippen LogP contribution in [-0.4, -0.2) is 34.5 Å². The predicted octanol–water partition coefficient (Wildman–Crippen LogP) is 5.75. The van der Waals surface area contributed by atoms with Crippen molar-refractivity contribution in [3.8, 4) is 0 Å². The van der Waals surface area contributed by atoms with E-state index < -0.39 is 9.05 Å². The first-order valence-corrected chi connectivity index (χ1v) is 12.5. The van der Waals surface area contributed by atoms with Crippen molar-refractivity contribution in [3.63, 3.8) is 0 Å². The third-order valence-corrected chi connectivity index (χ3v) is 7.64. The minimum atomic E-state index is -3.04. The van der Waals surface area contributed by atoms with Crippen LogP contribution in [0.4, 0.5) is 0 Å². The first-order chi connectivity index (χ1) is 12.3. The Morgan fingerprint density at radius 3 is 1.40 bits per heavy atom. The van der Waals surface area contributed by atoms with Gasteiger partial charge in [-0.25, -0.2) is 0 Å². The average molecular weight is 373 g/mol. The van der Waals surface area contributed by atoms with Crippen LogP contribution in [0, 0.1) is 0 Å². The molecule has 0 heterocycles. The first kappa shape index (κ1) is 21.4. The molecular weight excluding hydrogens is 332 g/mol. The summed E-state index contributed by atoms with van der Waals surface area (Å²) in [7, 11) is -3.04. The molecule has 148 valence electrons. The highest BCUT2D eigenvalue weighted by atomic mass is 28.4. The fraction of sp³-hybridized carbons (Fsp3) is 1.00. The molecule has 2 saturated carbocycles. The zero-order valence-electron chi connectivity index (χ0n) is 16.6. The lowest BCUT2D eigenvalue weighted by Crippen LogP contribution is -2.54. The van der Waals surface area contributed by atoms with E-state index in [0.29, 0.717) is 13.2 Å². The SMILES string of the molecule is CCCCO[Si](OCCCC)(OC1CCCCC1)OC1CCCCC1. The molecule has 0 atom stereocenters. The lowest BCUT2D eigenvalue weighted by molar-refractivity contribution is -0.0859. The van der Waals surface area contributed by atoms with Crippen molar-refractivity contribution in [1.29, 1.82) is 0 Å². The molecule has 0 saturated heterocycles. The molecule has 0 aliphatic heterocycles. The average Bonchev–Trinajstić information content (AvgIpc) is 2.64. The van der Waals surface area contributed by atoms with Gasteiger partial charge < -0.3 is 17.7 Å². The van der Waals surface area contributed by atoms with E-state index in [2.05, 4.69) is 13.8 Å². The van der Waals surface area contributed by atoms with Gasteiger partial charge in [0.25, 0.3) is 0 Å². The molecule has 0 N–H and O–H groups in total. The molecule has 2 fully saturated rings. The highest BCUT2D eigenvalue weighted by Gasteiger charge is 2.49. The monoisotopic (exact) mass is 372 g/mol. The summed E-state index contributed by atoms with van der Waals surface area (Å²) < 4.78 is 25.7. The fourth-order valence-corrected chi connectivity index (χ4v) is 6.15. The van der Waals surface area contributed by atoms with Crippen molar-refractivity contribution >= 4 is 9.05 Å². The van der Waals surface area contributed by atoms with Gasteiger partial charge in [0.1, 0.15) is 0 Å². The van der Waals surface area contributed by atoms with Crippen molar-refractivity contribution < 1.29 is 17.7 Å². The molecule has 0 bridgehead atoms. The highest BCUT2D eigenvalue weighted by molar-refractivity contribution is 6.53. The first-order valence-electron chi connectivity index (χ1n) is 10.9. The molecular formula is C20H40O4Si. The standard InChI is InChI=1S/C20H40O4Si/c1-3-5-17-21-25(22-18-6-4-2,23-19-13-9-7-10-14-19)24-20-15-11-8-12-16-20/h19-20H,3-18H2,1-2H3. The Kier molecular flexibility index (Phi) is 10.6. The summed E-state index contributed by atoms with van der Waals surface area (Å²) >= 11 is 0. The van der Waals surface area contributed by atoms with Crippen molar-refractivity contribution in [1.82, 2.24) is 0 Å². The lowest BCUT2D eigenvalue weighted by atomic mass is 9.98. The van der Waals surface area contributed by atoms with E-state index in [1.807, 2.05) is 0 Å². The number of rotatable bonds is 12. The topological polar surface area (TPSA) is 36.9 Å². The maximum Gasteiger partial charge on any atom is 0.680 e. The Hall–Kier alpha value is 0.0569. The second-order valence-electron chi connectivity index (χ2n) is 7.66. The van der Waals surface area contributed by atoms with E-state index in [1.54, 1.807) is 0 Å². The molecule has 0 aromatic heterocycles. The normalized spacial score (nSPS) is 20.9. The Morgan fingerprint density at radius 1 is 0.640 bits per heavy atom. The minimum Gasteiger partial charge on any atom is -0.351 e. The number of hydrogen-bond acceptors (Lipinski definition) is 4. The van der Waals surface area contributed by atoms with Crippen LogP contribution in [0.3, 0.4) is 0 Å². The number of unbranched alkanes of at least 4 members (excludes halogenated alkanes) is 2. The van der Waals surface area contributed by atoms with Gasteiger partial charge in [-0.05, 0) is 38.5 Å². The van der Waals surface area contributed by atoms with Gasteiger partial charge in [-0.1, -0.05) is 65.2 Å². The minimum absolute atomic E-state index is 0.257. The zero-order valence-corrected chi connectivity index (χ0v) is 17.6. The van der Waals surface area contributed by atoms with Crippen molar-refractivity contribution in [2.75, 3.05) is 13.2 Å². The van der Waals surface area contributed by atoms with Crippen LogP contribution in [0.25, 0.3) is 0 Å². The van der Waals surface area contributed by atoms with Crippen LogP contribution < -0.4 is 0 Å². The number of hydrogen-bond donors (Lipinski definition) is 0. The van der Waals surface area contributed by atoms with Crippen molar-refractivity contribution in [3.05, 3.63) is 0 Å². The van der Waals surface area contributed by atoms with Gasteiger partial charge in [-0.2, -0.15) is 0 Å². The molecule has 25 heavy (non-hydrogen) atoms. The largest absolute Gasteiger partial charge is 0.680 e. The van der Waals surface area contributed by atoms with Crippen LogP contribution in [0.5, 0.6) is 0 Å². The summed E-state index contributed by atoms with van der Waals surface area (Å²) in [5.74, 6) is 0. The summed E-state index contributed by atoms with van der Waals surface area (Å²) in [5, 5.41) is 0. The molecule has 0 spiro atoms. The summed E-state index contributed by atoms with van der Waals surface area (Å²) in [5.41, 5.74) is 0. The van der Waals surface area contributed by atoms with Gasteiger partial charge in [0.15, 0.2) is 0 Å². The lowest BCUT2D eigenvalue weighted by Gasteiger charge is -2.36. The third-order valence-electron chi connectivity index (χ3n) is 5.28. The maximum atomic E-state index is 6.55. The Labute approximate surface area is 156 Å². The van der Waals surface area contributed by atoms with Gasteiger partial charge in [-0.3, -0.25) is 0 Å². The van der Waals surface area contributed by atoms with Crippen LogP contribution in [-0.2, 0) is 17.7 Å². The quantitative estimate of drug-likeness (QED) is 0.323. The Balaban J connectivity index is 2.03. The second kappa shape index (κ2) is 12.4. The van der Waals surface area contributed by atoms with Gasteiger partial charge >= 0.3 is 9.05 Å². The molecule has 0 amide bonds. The molecule has 4 nitrogen and oxygen atoms in total. The summed E-state index contributed by atoms with van der Waals surface area (Å²) in [6.45, 7) is 5.76. The van der Waals surface area contributed by atoms with Crippen LogP contribution in [0.2, 0.25) is 0 Å². The summed E-state index contributed by atoms with van der Waals surface area (Å²) in [4.78, 5) is 0. The fourth-order valence-electron chi connectivity index (χ4n) is 3.66. The molecule has 0 aromatic rings. The van der Waals surface area contributed by atoms with Gasteiger partial charge in [0.05, 0.1) is 12.2 Å². The molecule has 2 aliphatic carbocycles. The molecule has 2 aliphatic rings. The van der Waals surface area contributed by atoms with Gasteiger partial charge in [-0.15, -0.1) is 0 Å². The molecule has 0 radical (unpaired) electrons. The van der Waals surface area contributed by atoms with Crippen LogP contribution >= 0.6 is 0 Å². The summed E-state index contributed by atoms with van der Waals surface area (Å²) in [6, 6.07) is 0. The molecule has 2 rings (SSSR count). The Bertz CT molecular complexity index is 296. The van der Waals surface area contributed by atoms with E-state index >= 15 is 0 Å². The molecule has 0 unspecified atom stereocenters. The molecule has 0 aromatic carbocycles. The zero-order chi connectivity index (χ0) is 17.8.